The summed E-state index contributed by atoms with van der Waals surface area (Å²) in [6.45, 7) is 1.65. The van der Waals surface area contributed by atoms with Crippen LogP contribution in [0.2, 0.25) is 0 Å². The molecule has 0 saturated carbocycles. The van der Waals surface area contributed by atoms with E-state index in [0.717, 1.165) is 6.07 Å². The maximum absolute atomic E-state index is 13.6. The maximum atomic E-state index is 13.6. The first-order valence-corrected chi connectivity index (χ1v) is 5.83. The van der Waals surface area contributed by atoms with Crippen molar-refractivity contribution in [2.24, 2.45) is 0 Å². The molecule has 1 atom stereocenters. The Balaban J connectivity index is 2.28. The topological polar surface area (TPSA) is 79.5 Å². The lowest BCUT2D eigenvalue weighted by atomic mass is 10.1. The monoisotopic (exact) mass is 277 g/mol. The molecule has 1 amide bonds. The minimum absolute atomic E-state index is 0.00703. The van der Waals surface area contributed by atoms with Gasteiger partial charge in [0, 0.05) is 11.1 Å². The first kappa shape index (κ1) is 13.8. The van der Waals surface area contributed by atoms with Crippen molar-refractivity contribution in [1.82, 2.24) is 5.32 Å². The number of furan rings is 1. The summed E-state index contributed by atoms with van der Waals surface area (Å²) in [5, 5.41) is 11.4. The molecule has 0 aliphatic heterocycles. The van der Waals surface area contributed by atoms with Crippen LogP contribution in [0, 0.1) is 12.7 Å². The van der Waals surface area contributed by atoms with Crippen molar-refractivity contribution in [2.45, 2.75) is 13.0 Å². The molecule has 2 aromatic rings. The molecule has 0 bridgehead atoms. The number of carbonyl (C=O) groups is 2. The number of halogens is 1. The third-order valence-electron chi connectivity index (χ3n) is 2.81. The molecule has 6 heteroatoms. The van der Waals surface area contributed by atoms with E-state index in [1.54, 1.807) is 13.0 Å². The predicted molar refractivity (Wildman–Crippen MR) is 67.7 cm³/mol. The van der Waals surface area contributed by atoms with Gasteiger partial charge in [-0.15, -0.1) is 0 Å². The largest absolute Gasteiger partial charge is 0.479 e. The van der Waals surface area contributed by atoms with Crippen LogP contribution >= 0.6 is 0 Å². The Morgan fingerprint density at radius 2 is 2.00 bits per heavy atom. The average molecular weight is 277 g/mol. The van der Waals surface area contributed by atoms with Crippen LogP contribution in [0.4, 0.5) is 4.39 Å². The highest BCUT2D eigenvalue weighted by atomic mass is 19.1. The quantitative estimate of drug-likeness (QED) is 0.898. The summed E-state index contributed by atoms with van der Waals surface area (Å²) in [4.78, 5) is 23.2. The van der Waals surface area contributed by atoms with Crippen molar-refractivity contribution < 1.29 is 23.5 Å². The summed E-state index contributed by atoms with van der Waals surface area (Å²) in [5.74, 6) is -2.75. The molecule has 0 aliphatic carbocycles. The first-order chi connectivity index (χ1) is 9.50. The molecule has 0 spiro atoms. The van der Waals surface area contributed by atoms with E-state index in [1.165, 1.54) is 24.5 Å². The SMILES string of the molecule is Cc1ccoc1C(=O)NC(C(=O)O)c1ccccc1F. The van der Waals surface area contributed by atoms with E-state index in [2.05, 4.69) is 5.32 Å². The number of hydrogen-bond donors (Lipinski definition) is 2. The summed E-state index contributed by atoms with van der Waals surface area (Å²) in [6.07, 6.45) is 1.32. The molecule has 1 aromatic heterocycles. The van der Waals surface area contributed by atoms with E-state index in [-0.39, 0.29) is 11.3 Å². The molecule has 5 nitrogen and oxygen atoms in total. The van der Waals surface area contributed by atoms with Crippen molar-refractivity contribution in [3.05, 3.63) is 59.3 Å². The van der Waals surface area contributed by atoms with E-state index in [9.17, 15) is 14.0 Å². The van der Waals surface area contributed by atoms with Gasteiger partial charge in [0.15, 0.2) is 11.8 Å². The van der Waals surface area contributed by atoms with Crippen LogP contribution in [0.1, 0.15) is 27.7 Å². The Morgan fingerprint density at radius 1 is 1.30 bits per heavy atom. The number of aliphatic carboxylic acids is 1. The molecule has 1 unspecified atom stereocenters. The maximum Gasteiger partial charge on any atom is 0.331 e. The molecule has 0 saturated heterocycles. The minimum atomic E-state index is -1.48. The Bertz CT molecular complexity index is 650. The van der Waals surface area contributed by atoms with Gasteiger partial charge in [0.1, 0.15) is 5.82 Å². The molecule has 1 heterocycles. The van der Waals surface area contributed by atoms with E-state index < -0.39 is 23.7 Å². The van der Waals surface area contributed by atoms with Crippen LogP contribution < -0.4 is 5.32 Å². The van der Waals surface area contributed by atoms with E-state index in [1.807, 2.05) is 0 Å². The second kappa shape index (κ2) is 5.56. The van der Waals surface area contributed by atoms with E-state index in [4.69, 9.17) is 9.52 Å². The van der Waals surface area contributed by atoms with Gasteiger partial charge in [0.25, 0.3) is 5.91 Å². The molecule has 2 rings (SSSR count). The highest BCUT2D eigenvalue weighted by Gasteiger charge is 2.26. The van der Waals surface area contributed by atoms with Crippen molar-refractivity contribution in [1.29, 1.82) is 0 Å². The molecule has 20 heavy (non-hydrogen) atoms. The number of amides is 1. The third kappa shape index (κ3) is 2.69. The van der Waals surface area contributed by atoms with E-state index >= 15 is 0 Å². The van der Waals surface area contributed by atoms with Gasteiger partial charge >= 0.3 is 5.97 Å². The van der Waals surface area contributed by atoms with Gasteiger partial charge < -0.3 is 14.8 Å². The molecular formula is C14H12FNO4. The highest BCUT2D eigenvalue weighted by molar-refractivity contribution is 5.95. The standard InChI is InChI=1S/C14H12FNO4/c1-8-6-7-20-12(8)13(17)16-11(14(18)19)9-4-2-3-5-10(9)15/h2-7,11H,1H3,(H,16,17)(H,18,19). The van der Waals surface area contributed by atoms with Crippen LogP contribution in [0.3, 0.4) is 0 Å². The Labute approximate surface area is 114 Å². The third-order valence-corrected chi connectivity index (χ3v) is 2.81. The zero-order valence-electron chi connectivity index (χ0n) is 10.6. The fourth-order valence-corrected chi connectivity index (χ4v) is 1.78. The van der Waals surface area contributed by atoms with Crippen LogP contribution in [0.15, 0.2) is 41.0 Å². The number of carboxylic acid groups (broad SMARTS) is 1. The molecule has 0 aliphatic rings. The number of rotatable bonds is 4. The Morgan fingerprint density at radius 3 is 2.55 bits per heavy atom. The number of carbonyl (C=O) groups excluding carboxylic acids is 1. The molecule has 1 aromatic carbocycles. The van der Waals surface area contributed by atoms with Gasteiger partial charge in [-0.05, 0) is 19.1 Å². The van der Waals surface area contributed by atoms with Crippen molar-refractivity contribution >= 4 is 11.9 Å². The summed E-state index contributed by atoms with van der Waals surface area (Å²) >= 11 is 0. The number of aryl methyl sites for hydroxylation is 1. The van der Waals surface area contributed by atoms with Gasteiger partial charge in [-0.2, -0.15) is 0 Å². The van der Waals surface area contributed by atoms with Gasteiger partial charge in [-0.1, -0.05) is 18.2 Å². The van der Waals surface area contributed by atoms with Crippen LogP contribution in [0.25, 0.3) is 0 Å². The molecule has 2 N–H and O–H groups in total. The van der Waals surface area contributed by atoms with Gasteiger partial charge in [0.2, 0.25) is 0 Å². The Hall–Kier alpha value is -2.63. The molecule has 0 radical (unpaired) electrons. The predicted octanol–water partition coefficient (Wildman–Crippen LogP) is 2.28. The highest BCUT2D eigenvalue weighted by Crippen LogP contribution is 2.18. The molecule has 104 valence electrons. The van der Waals surface area contributed by atoms with Gasteiger partial charge in [-0.3, -0.25) is 4.79 Å². The number of nitrogens with one attached hydrogen (secondary N) is 1. The Kier molecular flexibility index (Phi) is 3.84. The fraction of sp³-hybridized carbons (Fsp3) is 0.143. The summed E-state index contributed by atoms with van der Waals surface area (Å²) in [5.41, 5.74) is 0.456. The summed E-state index contributed by atoms with van der Waals surface area (Å²) < 4.78 is 18.6. The molecule has 0 fully saturated rings. The van der Waals surface area contributed by atoms with Gasteiger partial charge in [0.05, 0.1) is 6.26 Å². The zero-order chi connectivity index (χ0) is 14.7. The fourth-order valence-electron chi connectivity index (χ4n) is 1.78. The smallest absolute Gasteiger partial charge is 0.331 e. The second-order valence-electron chi connectivity index (χ2n) is 4.20. The zero-order valence-corrected chi connectivity index (χ0v) is 10.6. The van der Waals surface area contributed by atoms with Crippen molar-refractivity contribution in [3.8, 4) is 0 Å². The number of benzene rings is 1. The lowest BCUT2D eigenvalue weighted by Crippen LogP contribution is -2.34. The lowest BCUT2D eigenvalue weighted by molar-refractivity contribution is -0.139. The van der Waals surface area contributed by atoms with Crippen molar-refractivity contribution in [2.75, 3.05) is 0 Å². The van der Waals surface area contributed by atoms with Crippen molar-refractivity contribution in [3.63, 3.8) is 0 Å². The number of hydrogen-bond acceptors (Lipinski definition) is 3. The second-order valence-corrected chi connectivity index (χ2v) is 4.20. The van der Waals surface area contributed by atoms with Gasteiger partial charge in [-0.25, -0.2) is 9.18 Å². The van der Waals surface area contributed by atoms with Crippen LogP contribution in [0.5, 0.6) is 0 Å². The summed E-state index contributed by atoms with van der Waals surface area (Å²) in [7, 11) is 0. The first-order valence-electron chi connectivity index (χ1n) is 5.83. The minimum Gasteiger partial charge on any atom is -0.479 e. The van der Waals surface area contributed by atoms with E-state index in [0.29, 0.717) is 5.56 Å². The van der Waals surface area contributed by atoms with Crippen LogP contribution in [-0.2, 0) is 4.79 Å². The number of carboxylic acids is 1. The average Bonchev–Trinajstić information content (AvgIpc) is 2.83. The lowest BCUT2D eigenvalue weighted by Gasteiger charge is -2.15. The van der Waals surface area contributed by atoms with Crippen LogP contribution in [-0.4, -0.2) is 17.0 Å². The summed E-state index contributed by atoms with van der Waals surface area (Å²) in [6, 6.07) is 5.48. The molecular weight excluding hydrogens is 265 g/mol. The normalized spacial score (nSPS) is 11.9.